The van der Waals surface area contributed by atoms with Crippen LogP contribution in [-0.2, 0) is 26.9 Å². The average Bonchev–Trinajstić information content (AvgIpc) is 2.51. The SMILES string of the molecule is CCCCC[C@@H]1OC[C@H](O)[C@H]1[CH2][Hg][Br]. The van der Waals surface area contributed by atoms with E-state index in [1.165, 1.54) is 23.2 Å². The Kier molecular flexibility index (Phi) is 7.26. The summed E-state index contributed by atoms with van der Waals surface area (Å²) in [5.74, 6) is 0.452. The second-order valence-corrected chi connectivity index (χ2v) is 14.7. The molecule has 14 heavy (non-hydrogen) atoms. The number of rotatable bonds is 6. The molecule has 4 heteroatoms. The normalized spacial score (nSPS) is 31.8. The molecule has 0 bridgehead atoms. The third kappa shape index (κ3) is 4.07. The Morgan fingerprint density at radius 1 is 1.50 bits per heavy atom. The molecule has 0 aromatic carbocycles. The van der Waals surface area contributed by atoms with Crippen molar-refractivity contribution in [2.24, 2.45) is 5.92 Å². The van der Waals surface area contributed by atoms with E-state index in [0.717, 1.165) is 6.42 Å². The molecule has 0 amide bonds. The number of hydrogen-bond acceptors (Lipinski definition) is 2. The number of halogens is 1. The standard InChI is InChI=1S/C10H19O2.BrH.Hg/c1-3-4-5-6-10-8(2)9(11)7-12-10;;/h8-11H,2-7H2,1H3;1H;/q;;+1/p-1/t8-,9+,10+;;/m1../s1. The van der Waals surface area contributed by atoms with E-state index >= 15 is 0 Å². The zero-order valence-corrected chi connectivity index (χ0v) is 16.0. The van der Waals surface area contributed by atoms with E-state index in [9.17, 15) is 5.11 Å². The molecule has 1 aliphatic heterocycles. The zero-order valence-electron chi connectivity index (χ0n) is 8.92. The Bertz CT molecular complexity index is 157. The van der Waals surface area contributed by atoms with Crippen LogP contribution in [0.5, 0.6) is 0 Å². The maximum absolute atomic E-state index is 9.74. The fourth-order valence-corrected chi connectivity index (χ4v) is 10.7. The minimum absolute atomic E-state index is 0.181. The Hall–Kier alpha value is 1.34. The Morgan fingerprint density at radius 2 is 2.29 bits per heavy atom. The topological polar surface area (TPSA) is 29.5 Å². The van der Waals surface area contributed by atoms with Crippen molar-refractivity contribution in [1.82, 2.24) is 0 Å². The van der Waals surface area contributed by atoms with Crippen LogP contribution in [0.2, 0.25) is 3.93 Å². The van der Waals surface area contributed by atoms with E-state index in [1.54, 1.807) is 0 Å². The van der Waals surface area contributed by atoms with Crippen LogP contribution in [0.3, 0.4) is 0 Å². The van der Waals surface area contributed by atoms with E-state index in [4.69, 9.17) is 4.74 Å². The molecule has 1 rings (SSSR count). The van der Waals surface area contributed by atoms with Crippen molar-refractivity contribution in [3.63, 3.8) is 0 Å². The van der Waals surface area contributed by atoms with E-state index in [2.05, 4.69) is 18.8 Å². The van der Waals surface area contributed by atoms with Crippen molar-refractivity contribution in [3.05, 3.63) is 0 Å². The first-order valence-electron chi connectivity index (χ1n) is 5.65. The van der Waals surface area contributed by atoms with Crippen LogP contribution in [0.15, 0.2) is 0 Å². The number of aliphatic hydroxyl groups is 1. The first kappa shape index (κ1) is 13.4. The van der Waals surface area contributed by atoms with Crippen LogP contribution >= 0.6 is 11.9 Å². The number of ether oxygens (including phenoxy) is 1. The molecule has 0 saturated carbocycles. The van der Waals surface area contributed by atoms with Gasteiger partial charge in [0.2, 0.25) is 0 Å². The molecular formula is C10H19BrHgO2. The molecule has 0 aliphatic carbocycles. The summed E-state index contributed by atoms with van der Waals surface area (Å²) in [7, 11) is 0. The van der Waals surface area contributed by atoms with Crippen LogP contribution < -0.4 is 0 Å². The molecule has 1 saturated heterocycles. The van der Waals surface area contributed by atoms with Gasteiger partial charge in [-0.2, -0.15) is 0 Å². The quantitative estimate of drug-likeness (QED) is 0.497. The van der Waals surface area contributed by atoms with Crippen molar-refractivity contribution in [2.75, 3.05) is 6.61 Å². The van der Waals surface area contributed by atoms with Gasteiger partial charge in [0.25, 0.3) is 0 Å². The van der Waals surface area contributed by atoms with Gasteiger partial charge in [-0.15, -0.1) is 0 Å². The van der Waals surface area contributed by atoms with Crippen LogP contribution in [0, 0.1) is 5.92 Å². The third-order valence-corrected chi connectivity index (χ3v) is 10.4. The number of aliphatic hydroxyl groups excluding tert-OH is 1. The van der Waals surface area contributed by atoms with Crippen LogP contribution in [0.25, 0.3) is 0 Å². The van der Waals surface area contributed by atoms with Gasteiger partial charge in [-0.1, -0.05) is 0 Å². The van der Waals surface area contributed by atoms with Crippen molar-refractivity contribution >= 4 is 11.9 Å². The van der Waals surface area contributed by atoms with Gasteiger partial charge in [0.05, 0.1) is 0 Å². The predicted octanol–water partition coefficient (Wildman–Crippen LogP) is 2.75. The summed E-state index contributed by atoms with van der Waals surface area (Å²) >= 11 is 2.86. The van der Waals surface area contributed by atoms with Gasteiger partial charge in [0, 0.05) is 0 Å². The van der Waals surface area contributed by atoms with E-state index in [0.29, 0.717) is 18.6 Å². The van der Waals surface area contributed by atoms with E-state index in [-0.39, 0.29) is 6.10 Å². The molecule has 0 aromatic heterocycles. The third-order valence-electron chi connectivity index (χ3n) is 2.99. The number of hydrogen-bond donors (Lipinski definition) is 1. The van der Waals surface area contributed by atoms with Gasteiger partial charge in [0.15, 0.2) is 0 Å². The Balaban J connectivity index is 2.27. The summed E-state index contributed by atoms with van der Waals surface area (Å²) in [6.45, 7) is 2.79. The van der Waals surface area contributed by atoms with Gasteiger partial charge in [0.1, 0.15) is 0 Å². The van der Waals surface area contributed by atoms with Gasteiger partial charge in [-0.05, 0) is 0 Å². The van der Waals surface area contributed by atoms with Crippen LogP contribution in [-0.4, -0.2) is 23.9 Å². The molecule has 80 valence electrons. The summed E-state index contributed by atoms with van der Waals surface area (Å²) < 4.78 is 6.89. The van der Waals surface area contributed by atoms with Crippen molar-refractivity contribution in [3.8, 4) is 0 Å². The zero-order chi connectivity index (χ0) is 10.4. The van der Waals surface area contributed by atoms with E-state index < -0.39 is 22.1 Å². The van der Waals surface area contributed by atoms with Crippen LogP contribution in [0.4, 0.5) is 0 Å². The second kappa shape index (κ2) is 7.58. The van der Waals surface area contributed by atoms with Crippen molar-refractivity contribution < 1.29 is 32.0 Å². The molecule has 0 spiro atoms. The summed E-state index contributed by atoms with van der Waals surface area (Å²) in [6, 6.07) is 0. The average molecular weight is 452 g/mol. The molecule has 0 aromatic rings. The molecule has 1 N–H and O–H groups in total. The first-order chi connectivity index (χ1) is 6.79. The molecule has 1 aliphatic rings. The predicted molar refractivity (Wildman–Crippen MR) is 57.1 cm³/mol. The number of unbranched alkanes of at least 4 members (excludes halogenated alkanes) is 2. The van der Waals surface area contributed by atoms with Crippen molar-refractivity contribution in [1.29, 1.82) is 0 Å². The Morgan fingerprint density at radius 3 is 2.93 bits per heavy atom. The van der Waals surface area contributed by atoms with Gasteiger partial charge < -0.3 is 0 Å². The maximum atomic E-state index is 9.74. The van der Waals surface area contributed by atoms with E-state index in [1.807, 2.05) is 0 Å². The monoisotopic (exact) mass is 452 g/mol. The van der Waals surface area contributed by atoms with Crippen molar-refractivity contribution in [2.45, 2.75) is 48.7 Å². The first-order valence-corrected chi connectivity index (χ1v) is 21.5. The fourth-order valence-electron chi connectivity index (χ4n) is 2.11. The molecule has 0 unspecified atom stereocenters. The fraction of sp³-hybridized carbons (Fsp3) is 1.00. The van der Waals surface area contributed by atoms with Gasteiger partial charge in [-0.3, -0.25) is 0 Å². The molecule has 0 radical (unpaired) electrons. The van der Waals surface area contributed by atoms with Gasteiger partial charge in [-0.25, -0.2) is 0 Å². The van der Waals surface area contributed by atoms with Gasteiger partial charge >= 0.3 is 105 Å². The minimum atomic E-state index is -0.792. The molecule has 1 heterocycles. The molecule has 3 atom stereocenters. The molecule has 1 fully saturated rings. The summed E-state index contributed by atoms with van der Waals surface area (Å²) in [6.07, 6.45) is 5.13. The molecular weight excluding hydrogens is 433 g/mol. The summed E-state index contributed by atoms with van der Waals surface area (Å²) in [5.41, 5.74) is 0. The summed E-state index contributed by atoms with van der Waals surface area (Å²) in [5, 5.41) is 9.74. The second-order valence-electron chi connectivity index (χ2n) is 4.08. The summed E-state index contributed by atoms with van der Waals surface area (Å²) in [4.78, 5) is 0. The molecule has 2 nitrogen and oxygen atoms in total. The van der Waals surface area contributed by atoms with Crippen LogP contribution in [0.1, 0.15) is 32.6 Å². The Labute approximate surface area is 104 Å².